The summed E-state index contributed by atoms with van der Waals surface area (Å²) in [6.45, 7) is 12.9. The van der Waals surface area contributed by atoms with Crippen LogP contribution in [-0.2, 0) is 9.26 Å². The Morgan fingerprint density at radius 2 is 1.23 bits per heavy atom. The summed E-state index contributed by atoms with van der Waals surface area (Å²) in [4.78, 5) is 10.6. The molecule has 1 saturated heterocycles. The van der Waals surface area contributed by atoms with E-state index in [1.54, 1.807) is 0 Å². The second-order valence-corrected chi connectivity index (χ2v) is 16.0. The molecule has 0 saturated carbocycles. The van der Waals surface area contributed by atoms with Gasteiger partial charge in [-0.05, 0) is 59.6 Å². The smallest absolute Gasteiger partial charge is 0.261 e. The van der Waals surface area contributed by atoms with Gasteiger partial charge in [0.1, 0.15) is 0 Å². The van der Waals surface area contributed by atoms with Crippen LogP contribution in [0.3, 0.4) is 0 Å². The summed E-state index contributed by atoms with van der Waals surface area (Å²) in [5, 5.41) is 2.72. The summed E-state index contributed by atoms with van der Waals surface area (Å²) in [5.41, 5.74) is 5.40. The predicted molar refractivity (Wildman–Crippen MR) is 168 cm³/mol. The lowest BCUT2D eigenvalue weighted by molar-refractivity contribution is 0.186. The van der Waals surface area contributed by atoms with Crippen molar-refractivity contribution in [3.63, 3.8) is 0 Å². The zero-order valence-electron chi connectivity index (χ0n) is 24.4. The fourth-order valence-electron chi connectivity index (χ4n) is 5.56. The van der Waals surface area contributed by atoms with E-state index in [2.05, 4.69) is 128 Å². The minimum Gasteiger partial charge on any atom is -0.407 e. The SMILES string of the molecule is CN1CCN(c2ccc(NOCCCCCCO[Si](c3ccccc3)(c3ccccc3)C(C)(C)C)cc2)CC1. The van der Waals surface area contributed by atoms with E-state index >= 15 is 0 Å². The minimum atomic E-state index is -2.43. The van der Waals surface area contributed by atoms with Crippen LogP contribution in [0.25, 0.3) is 0 Å². The Hall–Kier alpha value is -2.64. The van der Waals surface area contributed by atoms with E-state index in [4.69, 9.17) is 9.26 Å². The van der Waals surface area contributed by atoms with Crippen molar-refractivity contribution in [1.29, 1.82) is 0 Å². The second-order valence-electron chi connectivity index (χ2n) is 11.7. The summed E-state index contributed by atoms with van der Waals surface area (Å²) in [6.07, 6.45) is 4.37. The first-order valence-corrected chi connectivity index (χ1v) is 16.5. The molecule has 1 fully saturated rings. The van der Waals surface area contributed by atoms with Gasteiger partial charge in [-0.3, -0.25) is 10.3 Å². The highest BCUT2D eigenvalue weighted by molar-refractivity contribution is 6.99. The monoisotopic (exact) mass is 545 g/mol. The molecule has 6 heteroatoms. The van der Waals surface area contributed by atoms with E-state index in [1.165, 1.54) is 16.1 Å². The van der Waals surface area contributed by atoms with E-state index in [0.29, 0.717) is 6.61 Å². The Kier molecular flexibility index (Phi) is 10.6. The minimum absolute atomic E-state index is 0.0257. The van der Waals surface area contributed by atoms with Gasteiger partial charge in [-0.2, -0.15) is 0 Å². The average Bonchev–Trinajstić information content (AvgIpc) is 2.95. The molecule has 1 aliphatic heterocycles. The van der Waals surface area contributed by atoms with Gasteiger partial charge in [0.2, 0.25) is 0 Å². The van der Waals surface area contributed by atoms with Crippen LogP contribution in [0.1, 0.15) is 46.5 Å². The molecule has 0 aliphatic carbocycles. The van der Waals surface area contributed by atoms with Gasteiger partial charge < -0.3 is 14.2 Å². The Balaban J connectivity index is 1.19. The van der Waals surface area contributed by atoms with Gasteiger partial charge in [0, 0.05) is 38.5 Å². The molecule has 5 nitrogen and oxygen atoms in total. The number of unbranched alkanes of at least 4 members (excludes halogenated alkanes) is 3. The van der Waals surface area contributed by atoms with Crippen molar-refractivity contribution >= 4 is 30.1 Å². The van der Waals surface area contributed by atoms with Crippen LogP contribution in [-0.4, -0.2) is 59.7 Å². The van der Waals surface area contributed by atoms with E-state index in [-0.39, 0.29) is 5.04 Å². The zero-order valence-corrected chi connectivity index (χ0v) is 25.4. The number of nitrogens with one attached hydrogen (secondary N) is 1. The van der Waals surface area contributed by atoms with Crippen molar-refractivity contribution in [3.8, 4) is 0 Å². The van der Waals surface area contributed by atoms with Crippen molar-refractivity contribution in [2.24, 2.45) is 0 Å². The van der Waals surface area contributed by atoms with Crippen molar-refractivity contribution in [2.75, 3.05) is 56.8 Å². The van der Waals surface area contributed by atoms with E-state index in [0.717, 1.165) is 64.2 Å². The van der Waals surface area contributed by atoms with Gasteiger partial charge in [0.15, 0.2) is 0 Å². The van der Waals surface area contributed by atoms with Crippen molar-refractivity contribution < 1.29 is 9.26 Å². The molecule has 39 heavy (non-hydrogen) atoms. The fraction of sp³-hybridized carbons (Fsp3) is 0.455. The summed E-state index contributed by atoms with van der Waals surface area (Å²) in [7, 11) is -0.239. The van der Waals surface area contributed by atoms with E-state index in [1.807, 2.05) is 0 Å². The van der Waals surface area contributed by atoms with Crippen molar-refractivity contribution in [2.45, 2.75) is 51.5 Å². The van der Waals surface area contributed by atoms with Crippen LogP contribution in [0, 0.1) is 0 Å². The molecule has 0 atom stereocenters. The maximum absolute atomic E-state index is 7.00. The number of benzene rings is 3. The maximum atomic E-state index is 7.00. The topological polar surface area (TPSA) is 37.0 Å². The van der Waals surface area contributed by atoms with E-state index < -0.39 is 8.32 Å². The third kappa shape index (κ3) is 7.73. The quantitative estimate of drug-likeness (QED) is 0.164. The summed E-state index contributed by atoms with van der Waals surface area (Å²) in [6, 6.07) is 30.4. The molecule has 1 N–H and O–H groups in total. The van der Waals surface area contributed by atoms with Crippen LogP contribution in [0.15, 0.2) is 84.9 Å². The molecular weight excluding hydrogens is 498 g/mol. The van der Waals surface area contributed by atoms with Crippen molar-refractivity contribution in [1.82, 2.24) is 4.90 Å². The Labute approximate surface area is 237 Å². The number of piperazine rings is 1. The zero-order chi connectivity index (χ0) is 27.6. The van der Waals surface area contributed by atoms with Crippen molar-refractivity contribution in [3.05, 3.63) is 84.9 Å². The lowest BCUT2D eigenvalue weighted by Crippen LogP contribution is -2.66. The largest absolute Gasteiger partial charge is 0.407 e. The Bertz CT molecular complexity index is 1060. The highest BCUT2D eigenvalue weighted by Crippen LogP contribution is 2.36. The number of nitrogens with zero attached hydrogens (tertiary/aromatic N) is 2. The first kappa shape index (κ1) is 29.3. The first-order chi connectivity index (χ1) is 18.9. The first-order valence-electron chi connectivity index (χ1n) is 14.6. The van der Waals surface area contributed by atoms with Gasteiger partial charge >= 0.3 is 0 Å². The number of hydrogen-bond acceptors (Lipinski definition) is 5. The lowest BCUT2D eigenvalue weighted by Gasteiger charge is -2.43. The molecule has 1 aliphatic rings. The molecule has 0 unspecified atom stereocenters. The summed E-state index contributed by atoms with van der Waals surface area (Å²) < 4.78 is 7.00. The number of anilines is 2. The summed E-state index contributed by atoms with van der Waals surface area (Å²) in [5.74, 6) is 0. The molecule has 0 spiro atoms. The molecule has 3 aromatic carbocycles. The van der Waals surface area contributed by atoms with E-state index in [9.17, 15) is 0 Å². The van der Waals surface area contributed by atoms with Crippen LogP contribution in [0.5, 0.6) is 0 Å². The maximum Gasteiger partial charge on any atom is 0.261 e. The normalized spacial score (nSPS) is 14.9. The third-order valence-corrected chi connectivity index (χ3v) is 12.8. The van der Waals surface area contributed by atoms with Crippen LogP contribution >= 0.6 is 0 Å². The molecule has 0 radical (unpaired) electrons. The standard InChI is InChI=1S/C33H47N3O2Si/c1-33(2,3)39(31-15-9-7-10-16-31,32-17-11-8-12-18-32)38-28-14-6-5-13-27-37-34-29-19-21-30(22-20-29)36-25-23-35(4)24-26-36/h7-12,15-22,34H,5-6,13-14,23-28H2,1-4H3. The predicted octanol–water partition coefficient (Wildman–Crippen LogP) is 5.92. The van der Waals surface area contributed by atoms with Gasteiger partial charge in [-0.1, -0.05) is 94.3 Å². The van der Waals surface area contributed by atoms with Gasteiger partial charge in [0.05, 0.1) is 12.3 Å². The fourth-order valence-corrected chi connectivity index (χ4v) is 10.2. The number of hydrogen-bond donors (Lipinski definition) is 1. The molecule has 3 aromatic rings. The van der Waals surface area contributed by atoms with Crippen LogP contribution in [0.2, 0.25) is 5.04 Å². The molecule has 0 amide bonds. The van der Waals surface area contributed by atoms with Crippen LogP contribution < -0.4 is 20.8 Å². The van der Waals surface area contributed by atoms with Gasteiger partial charge in [-0.25, -0.2) is 0 Å². The average molecular weight is 546 g/mol. The molecule has 0 bridgehead atoms. The lowest BCUT2D eigenvalue weighted by atomic mass is 10.2. The van der Waals surface area contributed by atoms with Crippen LogP contribution in [0.4, 0.5) is 11.4 Å². The highest BCUT2D eigenvalue weighted by atomic mass is 28.4. The Morgan fingerprint density at radius 3 is 1.77 bits per heavy atom. The van der Waals surface area contributed by atoms with Gasteiger partial charge in [0.25, 0.3) is 8.32 Å². The molecular formula is C33H47N3O2Si. The second kappa shape index (κ2) is 14.1. The Morgan fingerprint density at radius 1 is 0.692 bits per heavy atom. The number of likely N-dealkylation sites (N-methyl/N-ethyl adjacent to an activating group) is 1. The molecule has 210 valence electrons. The highest BCUT2D eigenvalue weighted by Gasteiger charge is 2.49. The number of rotatable bonds is 13. The third-order valence-electron chi connectivity index (χ3n) is 7.80. The molecule has 0 aromatic heterocycles. The molecule has 1 heterocycles. The van der Waals surface area contributed by atoms with Gasteiger partial charge in [-0.15, -0.1) is 0 Å². The summed E-state index contributed by atoms with van der Waals surface area (Å²) >= 11 is 0. The molecule has 4 rings (SSSR count).